The molecule has 0 bridgehead atoms. The van der Waals surface area contributed by atoms with Crippen LogP contribution in [0.25, 0.3) is 0 Å². The monoisotopic (exact) mass is 254 g/mol. The summed E-state index contributed by atoms with van der Waals surface area (Å²) in [7, 11) is 0. The number of hydrogen-bond acceptors (Lipinski definition) is 0. The molecule has 0 radical (unpaired) electrons. The molecule has 2 aliphatic rings. The zero-order valence-electron chi connectivity index (χ0n) is 12.2. The molecule has 0 heterocycles. The second-order valence-electron chi connectivity index (χ2n) is 5.94. The van der Waals surface area contributed by atoms with Gasteiger partial charge in [-0.3, -0.25) is 0 Å². The van der Waals surface area contributed by atoms with Gasteiger partial charge in [-0.05, 0) is 36.3 Å². The molecule has 2 rings (SSSR count). The van der Waals surface area contributed by atoms with Gasteiger partial charge < -0.3 is 0 Å². The van der Waals surface area contributed by atoms with Crippen molar-refractivity contribution in [1.29, 1.82) is 0 Å². The molecule has 1 saturated carbocycles. The molecule has 0 amide bonds. The first kappa shape index (κ1) is 14.1. The zero-order chi connectivity index (χ0) is 13.7. The first-order valence-electron chi connectivity index (χ1n) is 7.57. The Balaban J connectivity index is 2.45. The second kappa shape index (κ2) is 6.23. The summed E-state index contributed by atoms with van der Waals surface area (Å²) in [6.07, 6.45) is 21.0. The molecule has 0 aromatic carbocycles. The number of rotatable bonds is 4. The summed E-state index contributed by atoms with van der Waals surface area (Å²) in [6, 6.07) is 0. The molecule has 0 aliphatic heterocycles. The van der Waals surface area contributed by atoms with Gasteiger partial charge in [-0.2, -0.15) is 0 Å². The quantitative estimate of drug-likeness (QED) is 0.560. The normalized spacial score (nSPS) is 26.7. The van der Waals surface area contributed by atoms with Crippen molar-refractivity contribution in [2.75, 3.05) is 0 Å². The van der Waals surface area contributed by atoms with Gasteiger partial charge in [0.2, 0.25) is 0 Å². The van der Waals surface area contributed by atoms with Crippen LogP contribution < -0.4 is 0 Å². The van der Waals surface area contributed by atoms with E-state index >= 15 is 0 Å². The van der Waals surface area contributed by atoms with E-state index in [-0.39, 0.29) is 5.41 Å². The van der Waals surface area contributed by atoms with Gasteiger partial charge in [0, 0.05) is 5.41 Å². The average molecular weight is 254 g/mol. The molecule has 2 aliphatic carbocycles. The van der Waals surface area contributed by atoms with Crippen LogP contribution in [-0.2, 0) is 0 Å². The van der Waals surface area contributed by atoms with E-state index in [2.05, 4.69) is 44.4 Å². The van der Waals surface area contributed by atoms with Gasteiger partial charge >= 0.3 is 0 Å². The molecule has 102 valence electrons. The standard InChI is InChI=1S/C19H26/c1-4-10-17(5-2)19(13-7-6-8-14-19)18-12-9-11-16(3)15-18/h4-5,9-10,12,15-16H,1-2,6-8,11,13-14H2,3H3/b17-10+. The van der Waals surface area contributed by atoms with E-state index in [1.54, 1.807) is 0 Å². The summed E-state index contributed by atoms with van der Waals surface area (Å²) in [5.41, 5.74) is 3.06. The minimum atomic E-state index is 0.194. The molecule has 19 heavy (non-hydrogen) atoms. The smallest absolute Gasteiger partial charge is 0.0199 e. The molecule has 1 fully saturated rings. The van der Waals surface area contributed by atoms with Gasteiger partial charge in [-0.25, -0.2) is 0 Å². The predicted molar refractivity (Wildman–Crippen MR) is 85.0 cm³/mol. The lowest BCUT2D eigenvalue weighted by Gasteiger charge is -2.41. The van der Waals surface area contributed by atoms with E-state index in [4.69, 9.17) is 0 Å². The molecule has 0 spiro atoms. The SMILES string of the molecule is C=C/C=C(\C=C)C1(C2=CC(C)CC=C2)CCCCC1. The third-order valence-corrected chi connectivity index (χ3v) is 4.60. The first-order valence-corrected chi connectivity index (χ1v) is 7.57. The Morgan fingerprint density at radius 3 is 2.58 bits per heavy atom. The molecule has 1 unspecified atom stereocenters. The van der Waals surface area contributed by atoms with Crippen molar-refractivity contribution in [1.82, 2.24) is 0 Å². The Kier molecular flexibility index (Phi) is 4.63. The van der Waals surface area contributed by atoms with Crippen molar-refractivity contribution in [2.24, 2.45) is 11.3 Å². The van der Waals surface area contributed by atoms with E-state index < -0.39 is 0 Å². The van der Waals surface area contributed by atoms with Crippen molar-refractivity contribution >= 4 is 0 Å². The summed E-state index contributed by atoms with van der Waals surface area (Å²) in [5, 5.41) is 0. The lowest BCUT2D eigenvalue weighted by molar-refractivity contribution is 0.298. The van der Waals surface area contributed by atoms with Gasteiger partial charge in [0.05, 0.1) is 0 Å². The first-order chi connectivity index (χ1) is 9.23. The molecule has 0 nitrogen and oxygen atoms in total. The maximum atomic E-state index is 4.05. The Bertz CT molecular complexity index is 425. The Morgan fingerprint density at radius 1 is 1.26 bits per heavy atom. The van der Waals surface area contributed by atoms with E-state index in [9.17, 15) is 0 Å². The molecule has 0 saturated heterocycles. The highest BCUT2D eigenvalue weighted by molar-refractivity contribution is 5.44. The van der Waals surface area contributed by atoms with Gasteiger partial charge in [0.25, 0.3) is 0 Å². The fourth-order valence-corrected chi connectivity index (χ4v) is 3.61. The second-order valence-corrected chi connectivity index (χ2v) is 5.94. The summed E-state index contributed by atoms with van der Waals surface area (Å²) < 4.78 is 0. The fourth-order valence-electron chi connectivity index (χ4n) is 3.61. The largest absolute Gasteiger partial charge is 0.0991 e. The van der Waals surface area contributed by atoms with Crippen molar-refractivity contribution in [3.8, 4) is 0 Å². The van der Waals surface area contributed by atoms with Crippen molar-refractivity contribution in [3.05, 3.63) is 60.8 Å². The minimum Gasteiger partial charge on any atom is -0.0991 e. The van der Waals surface area contributed by atoms with Gasteiger partial charge in [-0.15, -0.1) is 0 Å². The van der Waals surface area contributed by atoms with E-state index in [1.807, 2.05) is 12.2 Å². The lowest BCUT2D eigenvalue weighted by atomic mass is 9.63. The molecular weight excluding hydrogens is 228 g/mol. The van der Waals surface area contributed by atoms with Crippen molar-refractivity contribution < 1.29 is 0 Å². The van der Waals surface area contributed by atoms with Crippen molar-refractivity contribution in [3.63, 3.8) is 0 Å². The zero-order valence-corrected chi connectivity index (χ0v) is 12.2. The van der Waals surface area contributed by atoms with Crippen LogP contribution in [0.5, 0.6) is 0 Å². The van der Waals surface area contributed by atoms with Crippen LogP contribution in [0.3, 0.4) is 0 Å². The summed E-state index contributed by atoms with van der Waals surface area (Å²) >= 11 is 0. The maximum Gasteiger partial charge on any atom is 0.0199 e. The molecule has 0 N–H and O–H groups in total. The third-order valence-electron chi connectivity index (χ3n) is 4.60. The van der Waals surface area contributed by atoms with Crippen LogP contribution in [-0.4, -0.2) is 0 Å². The van der Waals surface area contributed by atoms with Crippen LogP contribution in [0.2, 0.25) is 0 Å². The highest BCUT2D eigenvalue weighted by atomic mass is 14.4. The molecular formula is C19H26. The summed E-state index contributed by atoms with van der Waals surface area (Å²) in [4.78, 5) is 0. The molecule has 0 aromatic heterocycles. The molecule has 1 atom stereocenters. The minimum absolute atomic E-state index is 0.194. The van der Waals surface area contributed by atoms with Crippen LogP contribution in [0.15, 0.2) is 60.8 Å². The summed E-state index contributed by atoms with van der Waals surface area (Å²) in [5.74, 6) is 0.661. The summed E-state index contributed by atoms with van der Waals surface area (Å²) in [6.45, 7) is 10.2. The fraction of sp³-hybridized carbons (Fsp3) is 0.474. The van der Waals surface area contributed by atoms with Crippen molar-refractivity contribution in [2.45, 2.75) is 45.4 Å². The lowest BCUT2D eigenvalue weighted by Crippen LogP contribution is -2.28. The Morgan fingerprint density at radius 2 is 2.00 bits per heavy atom. The average Bonchev–Trinajstić information content (AvgIpc) is 2.45. The van der Waals surface area contributed by atoms with E-state index in [0.717, 1.165) is 0 Å². The van der Waals surface area contributed by atoms with Gasteiger partial charge in [0.15, 0.2) is 0 Å². The van der Waals surface area contributed by atoms with E-state index in [0.29, 0.717) is 5.92 Å². The van der Waals surface area contributed by atoms with Crippen LogP contribution in [0.4, 0.5) is 0 Å². The van der Waals surface area contributed by atoms with Crippen LogP contribution in [0.1, 0.15) is 45.4 Å². The Hall–Kier alpha value is -1.30. The van der Waals surface area contributed by atoms with Crippen LogP contribution >= 0.6 is 0 Å². The van der Waals surface area contributed by atoms with Crippen LogP contribution in [0, 0.1) is 11.3 Å². The molecule has 0 heteroatoms. The predicted octanol–water partition coefficient (Wildman–Crippen LogP) is 5.76. The Labute approximate surface area is 118 Å². The highest BCUT2D eigenvalue weighted by Crippen LogP contribution is 2.50. The van der Waals surface area contributed by atoms with Gasteiger partial charge in [0.1, 0.15) is 0 Å². The number of allylic oxidation sites excluding steroid dienone is 8. The molecule has 0 aromatic rings. The number of hydrogen-bond donors (Lipinski definition) is 0. The van der Waals surface area contributed by atoms with E-state index in [1.165, 1.54) is 49.7 Å². The topological polar surface area (TPSA) is 0 Å². The highest BCUT2D eigenvalue weighted by Gasteiger charge is 2.37. The van der Waals surface area contributed by atoms with Gasteiger partial charge in [-0.1, -0.05) is 75.8 Å². The maximum absolute atomic E-state index is 4.05. The third kappa shape index (κ3) is 2.83.